The number of hydrogen-bond acceptors (Lipinski definition) is 4. The third kappa shape index (κ3) is 17.1. The predicted octanol–water partition coefficient (Wildman–Crippen LogP) is 1.86. The van der Waals surface area contributed by atoms with Gasteiger partial charge in [-0.2, -0.15) is 0 Å². The van der Waals surface area contributed by atoms with Crippen molar-refractivity contribution in [2.45, 2.75) is 72.4 Å². The number of aromatic nitrogens is 4. The number of nitrogens with zero attached hydrogens (tertiary/aromatic N) is 4. The molecule has 0 N–H and O–H groups in total. The summed E-state index contributed by atoms with van der Waals surface area (Å²) in [5, 5.41) is 0. The van der Waals surface area contributed by atoms with Gasteiger partial charge in [0.05, 0.1) is 41.6 Å². The Labute approximate surface area is 176 Å². The second-order valence-electron chi connectivity index (χ2n) is 6.97. The highest BCUT2D eigenvalue weighted by Gasteiger charge is 1.97. The zero-order valence-electron chi connectivity index (χ0n) is 18.7. The van der Waals surface area contributed by atoms with Gasteiger partial charge in [-0.15, -0.1) is 0 Å². The molecule has 0 aliphatic carbocycles. The minimum atomic E-state index is -4.70. The first kappa shape index (κ1) is 27.5. The van der Waals surface area contributed by atoms with E-state index in [1.165, 1.54) is 25.7 Å². The van der Waals surface area contributed by atoms with Crippen molar-refractivity contribution in [2.24, 2.45) is 14.1 Å². The van der Waals surface area contributed by atoms with Gasteiger partial charge in [0.1, 0.15) is 24.8 Å². The van der Waals surface area contributed by atoms with Crippen LogP contribution in [0, 0.1) is 0 Å². The van der Waals surface area contributed by atoms with Crippen LogP contribution < -0.4 is 18.9 Å². The second kappa shape index (κ2) is 16.3. The SMILES string of the molecule is CCCCOP(=O)([O-])[O-].CCCCn1cc[n+](C)c1.CCCCn1cc[n+](C)c1. The molecule has 0 unspecified atom stereocenters. The van der Waals surface area contributed by atoms with Crippen LogP contribution in [0.3, 0.4) is 0 Å². The summed E-state index contributed by atoms with van der Waals surface area (Å²) in [6.45, 7) is 8.62. The molecule has 0 atom stereocenters. The molecule has 0 aliphatic heterocycles. The van der Waals surface area contributed by atoms with Gasteiger partial charge in [-0.3, -0.25) is 0 Å². The molecule has 0 radical (unpaired) electrons. The van der Waals surface area contributed by atoms with Gasteiger partial charge in [0, 0.05) is 0 Å². The molecule has 168 valence electrons. The molecule has 8 nitrogen and oxygen atoms in total. The second-order valence-corrected chi connectivity index (χ2v) is 8.13. The lowest BCUT2D eigenvalue weighted by Crippen LogP contribution is -2.23. The summed E-state index contributed by atoms with van der Waals surface area (Å²) in [6, 6.07) is 0. The molecule has 9 heteroatoms. The van der Waals surface area contributed by atoms with Gasteiger partial charge in [0.15, 0.2) is 0 Å². The Hall–Kier alpha value is -1.47. The van der Waals surface area contributed by atoms with Crippen molar-refractivity contribution < 1.29 is 28.0 Å². The smallest absolute Gasteiger partial charge is 0.243 e. The van der Waals surface area contributed by atoms with Crippen molar-refractivity contribution >= 4 is 7.82 Å². The first-order valence-corrected chi connectivity index (χ1v) is 11.9. The maximum atomic E-state index is 9.76. The molecule has 0 aromatic carbocycles. The van der Waals surface area contributed by atoms with Crippen molar-refractivity contribution in [1.29, 1.82) is 0 Å². The molecule has 0 bridgehead atoms. The molecule has 2 aromatic heterocycles. The van der Waals surface area contributed by atoms with E-state index in [4.69, 9.17) is 0 Å². The molecule has 0 aliphatic rings. The summed E-state index contributed by atoms with van der Waals surface area (Å²) in [6.07, 6.45) is 19.1. The van der Waals surface area contributed by atoms with Gasteiger partial charge >= 0.3 is 0 Å². The zero-order valence-corrected chi connectivity index (χ0v) is 19.6. The Morgan fingerprint density at radius 3 is 1.52 bits per heavy atom. The maximum Gasteiger partial charge on any atom is 0.243 e. The number of aryl methyl sites for hydroxylation is 4. The van der Waals surface area contributed by atoms with E-state index in [0.29, 0.717) is 6.42 Å². The fraction of sp³-hybridized carbons (Fsp3) is 0.700. The first-order chi connectivity index (χ1) is 13.7. The third-order valence-electron chi connectivity index (χ3n) is 3.93. The van der Waals surface area contributed by atoms with Crippen molar-refractivity contribution in [1.82, 2.24) is 9.13 Å². The summed E-state index contributed by atoms with van der Waals surface area (Å²) in [5.41, 5.74) is 0. The topological polar surface area (TPSA) is 90.0 Å². The summed E-state index contributed by atoms with van der Waals surface area (Å²) in [5.74, 6) is 0. The first-order valence-electron chi connectivity index (χ1n) is 10.4. The number of phosphoric acid groups is 1. The van der Waals surface area contributed by atoms with E-state index >= 15 is 0 Å². The average Bonchev–Trinajstić information content (AvgIpc) is 3.26. The lowest BCUT2D eigenvalue weighted by Gasteiger charge is -2.28. The summed E-state index contributed by atoms with van der Waals surface area (Å²) in [7, 11) is -0.607. The summed E-state index contributed by atoms with van der Waals surface area (Å²) in [4.78, 5) is 19.5. The maximum absolute atomic E-state index is 9.76. The van der Waals surface area contributed by atoms with Gasteiger partial charge in [0.2, 0.25) is 12.7 Å². The van der Waals surface area contributed by atoms with E-state index in [2.05, 4.69) is 74.1 Å². The molecule has 2 heterocycles. The molecule has 0 saturated heterocycles. The van der Waals surface area contributed by atoms with Crippen LogP contribution in [-0.2, 0) is 36.3 Å². The third-order valence-corrected chi connectivity index (χ3v) is 4.43. The fourth-order valence-corrected chi connectivity index (χ4v) is 2.62. The van der Waals surface area contributed by atoms with E-state index in [1.54, 1.807) is 0 Å². The van der Waals surface area contributed by atoms with Crippen molar-refractivity contribution in [3.63, 3.8) is 0 Å². The number of rotatable bonds is 10. The molecule has 2 rings (SSSR count). The molecule has 0 amide bonds. The number of imidazole rings is 2. The summed E-state index contributed by atoms with van der Waals surface area (Å²) >= 11 is 0. The Morgan fingerprint density at radius 2 is 1.24 bits per heavy atom. The van der Waals surface area contributed by atoms with Gasteiger partial charge < -0.3 is 18.9 Å². The molecule has 2 aromatic rings. The zero-order chi connectivity index (χ0) is 22.1. The van der Waals surface area contributed by atoms with E-state index < -0.39 is 7.82 Å². The number of hydrogen-bond donors (Lipinski definition) is 0. The average molecular weight is 431 g/mol. The fourth-order valence-electron chi connectivity index (χ4n) is 2.27. The van der Waals surface area contributed by atoms with Crippen LogP contribution in [0.15, 0.2) is 37.4 Å². The lowest BCUT2D eigenvalue weighted by atomic mass is 10.3. The van der Waals surface area contributed by atoms with E-state index in [0.717, 1.165) is 19.5 Å². The highest BCUT2D eigenvalue weighted by molar-refractivity contribution is 7.43. The molecule has 0 spiro atoms. The lowest BCUT2D eigenvalue weighted by molar-refractivity contribution is -0.671. The van der Waals surface area contributed by atoms with E-state index in [1.807, 2.05) is 21.0 Å². The van der Waals surface area contributed by atoms with E-state index in [9.17, 15) is 14.4 Å². The van der Waals surface area contributed by atoms with Crippen molar-refractivity contribution in [2.75, 3.05) is 6.61 Å². The highest BCUT2D eigenvalue weighted by atomic mass is 31.2. The molecule has 0 fully saturated rings. The van der Waals surface area contributed by atoms with Crippen molar-refractivity contribution in [3.05, 3.63) is 37.4 Å². The van der Waals surface area contributed by atoms with Crippen LogP contribution in [0.2, 0.25) is 0 Å². The van der Waals surface area contributed by atoms with Crippen molar-refractivity contribution in [3.8, 4) is 0 Å². The quantitative estimate of drug-likeness (QED) is 0.327. The standard InChI is InChI=1S/2C8H15N2.C4H11O4P/c2*1-3-4-5-10-7-6-9(2)8-10;1-2-3-4-8-9(5,6)7/h2*6-8H,3-5H2,1-2H3;2-4H2,1H3,(H2,5,6,7)/q2*+1;/p-2. The monoisotopic (exact) mass is 430 g/mol. The van der Waals surface area contributed by atoms with E-state index in [-0.39, 0.29) is 6.61 Å². The minimum Gasteiger partial charge on any atom is -0.790 e. The number of unbranched alkanes of at least 4 members (excludes halogenated alkanes) is 3. The van der Waals surface area contributed by atoms with Crippen LogP contribution in [0.1, 0.15) is 59.3 Å². The Kier molecular flexibility index (Phi) is 15.5. The van der Waals surface area contributed by atoms with Crippen LogP contribution in [-0.4, -0.2) is 15.7 Å². The van der Waals surface area contributed by atoms with Gasteiger partial charge in [-0.25, -0.2) is 18.3 Å². The Morgan fingerprint density at radius 1 is 0.828 bits per heavy atom. The van der Waals surface area contributed by atoms with Gasteiger partial charge in [0.25, 0.3) is 0 Å². The van der Waals surface area contributed by atoms with Gasteiger partial charge in [-0.05, 0) is 19.3 Å². The van der Waals surface area contributed by atoms with Crippen LogP contribution in [0.5, 0.6) is 0 Å². The normalized spacial score (nSPS) is 10.7. The molecule has 29 heavy (non-hydrogen) atoms. The minimum absolute atomic E-state index is 0.0147. The Balaban J connectivity index is 0.000000407. The van der Waals surface area contributed by atoms with Crippen LogP contribution in [0.25, 0.3) is 0 Å². The molecular weight excluding hydrogens is 391 g/mol. The molecule has 0 saturated carbocycles. The van der Waals surface area contributed by atoms with Crippen LogP contribution >= 0.6 is 7.82 Å². The Bertz CT molecular complexity index is 637. The molecular formula is C20H39N4O4P. The largest absolute Gasteiger partial charge is 0.790 e. The van der Waals surface area contributed by atoms with Gasteiger partial charge in [-0.1, -0.05) is 40.0 Å². The highest BCUT2D eigenvalue weighted by Crippen LogP contribution is 2.24. The summed E-state index contributed by atoms with van der Waals surface area (Å²) < 4.78 is 22.2. The van der Waals surface area contributed by atoms with Crippen LogP contribution in [0.4, 0.5) is 0 Å². The predicted molar refractivity (Wildman–Crippen MR) is 109 cm³/mol. The number of phosphoric ester groups is 1.